The van der Waals surface area contributed by atoms with E-state index in [-0.39, 0.29) is 17.4 Å². The average molecular weight is 284 g/mol. The van der Waals surface area contributed by atoms with Crippen LogP contribution in [0.15, 0.2) is 29.2 Å². The summed E-state index contributed by atoms with van der Waals surface area (Å²) in [4.78, 5) is 11.4. The van der Waals surface area contributed by atoms with Gasteiger partial charge in [0.25, 0.3) is 5.91 Å². The number of benzene rings is 1. The standard InChI is InChI=1S/C12H16N2O4S/c1-13-11(16)9-2-4-10(5-3-9)19(17,18)14-12(8-15)6-7-12/h2-5,14-15H,6-8H2,1H3,(H,13,16). The molecule has 1 aromatic carbocycles. The molecule has 6 nitrogen and oxygen atoms in total. The molecule has 0 saturated heterocycles. The molecule has 1 amide bonds. The quantitative estimate of drug-likeness (QED) is 0.700. The topological polar surface area (TPSA) is 95.5 Å². The third-order valence-electron chi connectivity index (χ3n) is 3.16. The van der Waals surface area contributed by atoms with Gasteiger partial charge in [0.2, 0.25) is 10.0 Å². The van der Waals surface area contributed by atoms with E-state index < -0.39 is 15.6 Å². The normalized spacial score (nSPS) is 16.9. The summed E-state index contributed by atoms with van der Waals surface area (Å²) in [6.07, 6.45) is 1.28. The molecule has 0 spiro atoms. The summed E-state index contributed by atoms with van der Waals surface area (Å²) >= 11 is 0. The highest BCUT2D eigenvalue weighted by Crippen LogP contribution is 2.36. The molecule has 0 heterocycles. The number of rotatable bonds is 5. The van der Waals surface area contributed by atoms with Crippen LogP contribution in [-0.2, 0) is 10.0 Å². The van der Waals surface area contributed by atoms with Crippen molar-refractivity contribution >= 4 is 15.9 Å². The van der Waals surface area contributed by atoms with Gasteiger partial charge in [-0.25, -0.2) is 13.1 Å². The highest BCUT2D eigenvalue weighted by molar-refractivity contribution is 7.89. The Labute approximate surface area is 111 Å². The Morgan fingerprint density at radius 2 is 1.89 bits per heavy atom. The largest absolute Gasteiger partial charge is 0.394 e. The number of aliphatic hydroxyl groups is 1. The zero-order valence-corrected chi connectivity index (χ0v) is 11.3. The molecule has 1 aromatic rings. The second kappa shape index (κ2) is 4.92. The van der Waals surface area contributed by atoms with Crippen molar-refractivity contribution in [3.63, 3.8) is 0 Å². The van der Waals surface area contributed by atoms with E-state index in [0.29, 0.717) is 18.4 Å². The molecule has 1 aliphatic carbocycles. The van der Waals surface area contributed by atoms with Gasteiger partial charge in [-0.1, -0.05) is 0 Å². The van der Waals surface area contributed by atoms with E-state index in [1.807, 2.05) is 0 Å². The van der Waals surface area contributed by atoms with Crippen molar-refractivity contribution in [2.24, 2.45) is 0 Å². The fourth-order valence-corrected chi connectivity index (χ4v) is 3.17. The fraction of sp³-hybridized carbons (Fsp3) is 0.417. The van der Waals surface area contributed by atoms with E-state index in [2.05, 4.69) is 10.0 Å². The molecule has 7 heteroatoms. The van der Waals surface area contributed by atoms with Gasteiger partial charge in [0.15, 0.2) is 0 Å². The highest BCUT2D eigenvalue weighted by atomic mass is 32.2. The van der Waals surface area contributed by atoms with Crippen LogP contribution in [0.1, 0.15) is 23.2 Å². The Bertz CT molecular complexity index is 576. The van der Waals surface area contributed by atoms with Crippen molar-refractivity contribution in [2.45, 2.75) is 23.3 Å². The van der Waals surface area contributed by atoms with Crippen LogP contribution in [-0.4, -0.2) is 38.6 Å². The van der Waals surface area contributed by atoms with Crippen LogP contribution >= 0.6 is 0 Å². The molecule has 1 aliphatic rings. The maximum absolute atomic E-state index is 12.1. The number of carbonyl (C=O) groups excluding carboxylic acids is 1. The first-order valence-corrected chi connectivity index (χ1v) is 7.38. The zero-order chi connectivity index (χ0) is 14.1. The number of hydrogen-bond donors (Lipinski definition) is 3. The smallest absolute Gasteiger partial charge is 0.251 e. The summed E-state index contributed by atoms with van der Waals surface area (Å²) in [5.41, 5.74) is -0.303. The van der Waals surface area contributed by atoms with Crippen LogP contribution in [0.5, 0.6) is 0 Å². The number of amides is 1. The van der Waals surface area contributed by atoms with Gasteiger partial charge in [-0.2, -0.15) is 0 Å². The minimum absolute atomic E-state index is 0.0832. The number of hydrogen-bond acceptors (Lipinski definition) is 4. The van der Waals surface area contributed by atoms with Crippen LogP contribution in [0.4, 0.5) is 0 Å². The van der Waals surface area contributed by atoms with Gasteiger partial charge in [0, 0.05) is 12.6 Å². The lowest BCUT2D eigenvalue weighted by Crippen LogP contribution is -2.39. The van der Waals surface area contributed by atoms with Crippen molar-refractivity contribution < 1.29 is 18.3 Å². The van der Waals surface area contributed by atoms with Crippen LogP contribution < -0.4 is 10.0 Å². The Kier molecular flexibility index (Phi) is 3.62. The Hall–Kier alpha value is -1.44. The first-order valence-electron chi connectivity index (χ1n) is 5.89. The number of nitrogens with one attached hydrogen (secondary N) is 2. The molecule has 0 atom stereocenters. The lowest BCUT2D eigenvalue weighted by atomic mass is 10.2. The van der Waals surface area contributed by atoms with Gasteiger partial charge >= 0.3 is 0 Å². The molecular weight excluding hydrogens is 268 g/mol. The Balaban J connectivity index is 2.19. The van der Waals surface area contributed by atoms with Crippen molar-refractivity contribution in [3.05, 3.63) is 29.8 Å². The second-order valence-corrected chi connectivity index (χ2v) is 6.33. The predicted molar refractivity (Wildman–Crippen MR) is 69.2 cm³/mol. The van der Waals surface area contributed by atoms with Gasteiger partial charge in [-0.15, -0.1) is 0 Å². The first kappa shape index (κ1) is 14.0. The van der Waals surface area contributed by atoms with Crippen LogP contribution in [0.2, 0.25) is 0 Å². The van der Waals surface area contributed by atoms with E-state index >= 15 is 0 Å². The molecule has 0 unspecified atom stereocenters. The van der Waals surface area contributed by atoms with Gasteiger partial charge in [0.1, 0.15) is 0 Å². The fourth-order valence-electron chi connectivity index (χ4n) is 1.72. The lowest BCUT2D eigenvalue weighted by Gasteiger charge is -2.14. The maximum atomic E-state index is 12.1. The Morgan fingerprint density at radius 3 is 2.32 bits per heavy atom. The molecule has 2 rings (SSSR count). The summed E-state index contributed by atoms with van der Waals surface area (Å²) in [5, 5.41) is 11.6. The predicted octanol–water partition coefficient (Wildman–Crippen LogP) is -0.151. The van der Waals surface area contributed by atoms with Crippen molar-refractivity contribution in [3.8, 4) is 0 Å². The summed E-state index contributed by atoms with van der Waals surface area (Å²) in [6.45, 7) is -0.206. The third-order valence-corrected chi connectivity index (χ3v) is 4.76. The average Bonchev–Trinajstić information content (AvgIpc) is 3.17. The summed E-state index contributed by atoms with van der Waals surface area (Å²) in [5.74, 6) is -0.272. The molecule has 19 heavy (non-hydrogen) atoms. The van der Waals surface area contributed by atoms with Crippen LogP contribution in [0.3, 0.4) is 0 Å². The van der Waals surface area contributed by atoms with Gasteiger partial charge in [-0.05, 0) is 37.1 Å². The van der Waals surface area contributed by atoms with Crippen molar-refractivity contribution in [2.75, 3.05) is 13.7 Å². The lowest BCUT2D eigenvalue weighted by molar-refractivity contribution is 0.0963. The minimum Gasteiger partial charge on any atom is -0.394 e. The molecule has 1 fully saturated rings. The van der Waals surface area contributed by atoms with E-state index in [9.17, 15) is 13.2 Å². The van der Waals surface area contributed by atoms with Crippen molar-refractivity contribution in [1.82, 2.24) is 10.0 Å². The molecule has 104 valence electrons. The molecule has 1 saturated carbocycles. The van der Waals surface area contributed by atoms with E-state index in [4.69, 9.17) is 5.11 Å². The number of carbonyl (C=O) groups is 1. The zero-order valence-electron chi connectivity index (χ0n) is 10.5. The van der Waals surface area contributed by atoms with E-state index in [1.165, 1.54) is 31.3 Å². The minimum atomic E-state index is -3.66. The van der Waals surface area contributed by atoms with E-state index in [1.54, 1.807) is 0 Å². The van der Waals surface area contributed by atoms with Crippen molar-refractivity contribution in [1.29, 1.82) is 0 Å². The molecular formula is C12H16N2O4S. The number of aliphatic hydroxyl groups excluding tert-OH is 1. The second-order valence-electron chi connectivity index (χ2n) is 4.65. The SMILES string of the molecule is CNC(=O)c1ccc(S(=O)(=O)NC2(CO)CC2)cc1. The van der Waals surface area contributed by atoms with Crippen LogP contribution in [0, 0.1) is 0 Å². The molecule has 0 bridgehead atoms. The summed E-state index contributed by atoms with van der Waals surface area (Å²) in [6, 6.07) is 5.65. The van der Waals surface area contributed by atoms with E-state index in [0.717, 1.165) is 0 Å². The maximum Gasteiger partial charge on any atom is 0.251 e. The monoisotopic (exact) mass is 284 g/mol. The van der Waals surface area contributed by atoms with Gasteiger partial charge < -0.3 is 10.4 Å². The molecule has 0 radical (unpaired) electrons. The Morgan fingerprint density at radius 1 is 1.32 bits per heavy atom. The van der Waals surface area contributed by atoms with Crippen LogP contribution in [0.25, 0.3) is 0 Å². The molecule has 0 aliphatic heterocycles. The molecule has 0 aromatic heterocycles. The third kappa shape index (κ3) is 2.94. The molecule has 3 N–H and O–H groups in total. The number of sulfonamides is 1. The first-order chi connectivity index (χ1) is 8.92. The summed E-state index contributed by atoms with van der Waals surface area (Å²) in [7, 11) is -2.15. The van der Waals surface area contributed by atoms with Gasteiger partial charge in [-0.3, -0.25) is 4.79 Å². The van der Waals surface area contributed by atoms with Gasteiger partial charge in [0.05, 0.1) is 17.0 Å². The summed E-state index contributed by atoms with van der Waals surface area (Å²) < 4.78 is 26.6. The highest BCUT2D eigenvalue weighted by Gasteiger charge is 2.45.